The van der Waals surface area contributed by atoms with E-state index in [0.717, 1.165) is 45.2 Å². The van der Waals surface area contributed by atoms with E-state index in [1.165, 1.54) is 6.42 Å². The summed E-state index contributed by atoms with van der Waals surface area (Å²) in [4.78, 5) is 15.1. The number of likely N-dealkylation sites (tertiary alicyclic amines) is 1. The van der Waals surface area contributed by atoms with Crippen LogP contribution in [0.25, 0.3) is 0 Å². The van der Waals surface area contributed by atoms with Crippen molar-refractivity contribution in [2.24, 2.45) is 35.3 Å². The van der Waals surface area contributed by atoms with Gasteiger partial charge in [0.25, 0.3) is 0 Å². The molecule has 5 N–H and O–H groups in total. The first-order valence-corrected chi connectivity index (χ1v) is 13.6. The Kier molecular flexibility index (Phi) is 9.05. The van der Waals surface area contributed by atoms with Gasteiger partial charge in [-0.15, -0.1) is 11.6 Å². The molecule has 0 aromatic heterocycles. The third-order valence-electron chi connectivity index (χ3n) is 8.65. The second-order valence-corrected chi connectivity index (χ2v) is 11.5. The van der Waals surface area contributed by atoms with E-state index < -0.39 is 17.5 Å². The fourth-order valence-corrected chi connectivity index (χ4v) is 6.89. The van der Waals surface area contributed by atoms with Crippen molar-refractivity contribution in [3.05, 3.63) is 0 Å². The molecule has 0 radical (unpaired) electrons. The van der Waals surface area contributed by atoms with Crippen LogP contribution in [0.2, 0.25) is 0 Å². The highest BCUT2D eigenvalue weighted by molar-refractivity contribution is 6.20. The molecule has 7 atom stereocenters. The van der Waals surface area contributed by atoms with Gasteiger partial charge >= 0.3 is 6.18 Å². The minimum absolute atomic E-state index is 0.00696. The molecule has 4 fully saturated rings. The highest BCUT2D eigenvalue weighted by atomic mass is 35.5. The fraction of sp³-hybridized carbons (Fsp3) is 0.958. The molecule has 6 nitrogen and oxygen atoms in total. The molecular weight excluding hydrogens is 467 g/mol. The van der Waals surface area contributed by atoms with Crippen LogP contribution in [0.3, 0.4) is 0 Å². The van der Waals surface area contributed by atoms with Crippen molar-refractivity contribution < 1.29 is 18.0 Å². The van der Waals surface area contributed by atoms with Crippen LogP contribution in [0, 0.1) is 29.6 Å². The van der Waals surface area contributed by atoms with Crippen LogP contribution in [-0.4, -0.2) is 67.4 Å². The highest BCUT2D eigenvalue weighted by Crippen LogP contribution is 2.43. The van der Waals surface area contributed by atoms with E-state index in [0.29, 0.717) is 38.4 Å². The number of hydrogen-bond donors (Lipinski definition) is 4. The van der Waals surface area contributed by atoms with Gasteiger partial charge in [0.05, 0.1) is 18.2 Å². The average Bonchev–Trinajstić information content (AvgIpc) is 3.32. The lowest BCUT2D eigenvalue weighted by atomic mass is 9.78. The summed E-state index contributed by atoms with van der Waals surface area (Å²) in [6.45, 7) is 3.66. The van der Waals surface area contributed by atoms with Crippen LogP contribution < -0.4 is 21.7 Å². The average molecular weight is 508 g/mol. The number of carbonyl (C=O) groups excluding carboxylic acids is 1. The van der Waals surface area contributed by atoms with Crippen molar-refractivity contribution in [3.63, 3.8) is 0 Å². The Hall–Kier alpha value is -0.610. The van der Waals surface area contributed by atoms with Crippen LogP contribution in [0.15, 0.2) is 0 Å². The number of rotatable bonds is 6. The normalized spacial score (nSPS) is 38.7. The molecular formula is C24H41ClF3N5O. The van der Waals surface area contributed by atoms with Crippen molar-refractivity contribution >= 4 is 17.5 Å². The molecule has 0 aromatic carbocycles. The van der Waals surface area contributed by atoms with Gasteiger partial charge in [0.1, 0.15) is 0 Å². The summed E-state index contributed by atoms with van der Waals surface area (Å²) in [5.41, 5.74) is 5.92. The van der Waals surface area contributed by atoms with Crippen molar-refractivity contribution in [2.75, 3.05) is 32.7 Å². The van der Waals surface area contributed by atoms with Crippen LogP contribution in [-0.2, 0) is 4.79 Å². The number of carbonyl (C=O) groups is 1. The lowest BCUT2D eigenvalue weighted by Crippen LogP contribution is -2.68. The standard InChI is InChI=1S/C24H41ClF3N5O/c25-20-7-6-17(10-19(20)24(26,27)28)21-30-12-18(13-31-23(34)16-4-2-1-3-5-16)22(32-21)33-9-8-15(11-29)14-33/h15-22,30,32H,1-14,29H2,(H,31,34). The maximum atomic E-state index is 13.5. The molecule has 1 amide bonds. The van der Waals surface area contributed by atoms with Gasteiger partial charge in [-0.3, -0.25) is 15.0 Å². The molecule has 0 aromatic rings. The molecule has 4 rings (SSSR count). The summed E-state index contributed by atoms with van der Waals surface area (Å²) in [6, 6.07) is 0. The zero-order valence-electron chi connectivity index (χ0n) is 20.0. The van der Waals surface area contributed by atoms with Crippen LogP contribution >= 0.6 is 11.6 Å². The Morgan fingerprint density at radius 2 is 1.88 bits per heavy atom. The summed E-state index contributed by atoms with van der Waals surface area (Å²) in [5, 5.41) is 9.49. The van der Waals surface area contributed by atoms with E-state index in [1.54, 1.807) is 0 Å². The maximum Gasteiger partial charge on any atom is 0.393 e. The largest absolute Gasteiger partial charge is 0.393 e. The van der Waals surface area contributed by atoms with Gasteiger partial charge in [0.2, 0.25) is 5.91 Å². The first-order chi connectivity index (χ1) is 16.3. The predicted molar refractivity (Wildman–Crippen MR) is 127 cm³/mol. The molecule has 2 heterocycles. The molecule has 34 heavy (non-hydrogen) atoms. The van der Waals surface area contributed by atoms with Gasteiger partial charge in [0.15, 0.2) is 0 Å². The summed E-state index contributed by atoms with van der Waals surface area (Å²) in [6.07, 6.45) is 3.04. The third-order valence-corrected chi connectivity index (χ3v) is 9.18. The molecule has 0 bridgehead atoms. The van der Waals surface area contributed by atoms with Gasteiger partial charge < -0.3 is 16.4 Å². The SMILES string of the molecule is NCC1CCN(C2NC(C3CCC(Cl)C(C(F)(F)F)C3)NCC2CNC(=O)C2CCCCC2)C1. The first-order valence-electron chi connectivity index (χ1n) is 13.2. The van der Waals surface area contributed by atoms with E-state index in [9.17, 15) is 18.0 Å². The van der Waals surface area contributed by atoms with Crippen LogP contribution in [0.1, 0.15) is 57.8 Å². The van der Waals surface area contributed by atoms with E-state index in [1.807, 2.05) is 0 Å². The predicted octanol–water partition coefficient (Wildman–Crippen LogP) is 3.01. The number of amides is 1. The number of alkyl halides is 4. The Morgan fingerprint density at radius 3 is 2.56 bits per heavy atom. The first kappa shape index (κ1) is 26.5. The summed E-state index contributed by atoms with van der Waals surface area (Å²) in [5.74, 6) is -0.749. The second-order valence-electron chi connectivity index (χ2n) is 11.0. The highest BCUT2D eigenvalue weighted by Gasteiger charge is 2.49. The summed E-state index contributed by atoms with van der Waals surface area (Å²) >= 11 is 6.07. The van der Waals surface area contributed by atoms with Gasteiger partial charge in [-0.1, -0.05) is 19.3 Å². The topological polar surface area (TPSA) is 82.4 Å². The van der Waals surface area contributed by atoms with E-state index in [-0.39, 0.29) is 42.4 Å². The molecule has 2 aliphatic heterocycles. The molecule has 2 aliphatic carbocycles. The van der Waals surface area contributed by atoms with E-state index in [2.05, 4.69) is 20.9 Å². The fourth-order valence-electron chi connectivity index (χ4n) is 6.52. The summed E-state index contributed by atoms with van der Waals surface area (Å²) in [7, 11) is 0. The summed E-state index contributed by atoms with van der Waals surface area (Å²) < 4.78 is 40.6. The smallest absolute Gasteiger partial charge is 0.355 e. The minimum atomic E-state index is -4.27. The van der Waals surface area contributed by atoms with Gasteiger partial charge in [-0.2, -0.15) is 13.2 Å². The number of nitrogens with one attached hydrogen (secondary N) is 3. The van der Waals surface area contributed by atoms with Crippen LogP contribution in [0.5, 0.6) is 0 Å². The van der Waals surface area contributed by atoms with Gasteiger partial charge in [0, 0.05) is 43.4 Å². The molecule has 7 unspecified atom stereocenters. The zero-order valence-corrected chi connectivity index (χ0v) is 20.7. The monoisotopic (exact) mass is 507 g/mol. The minimum Gasteiger partial charge on any atom is -0.355 e. The molecule has 4 aliphatic rings. The Morgan fingerprint density at radius 1 is 1.12 bits per heavy atom. The Balaban J connectivity index is 1.39. The van der Waals surface area contributed by atoms with Crippen molar-refractivity contribution in [3.8, 4) is 0 Å². The molecule has 196 valence electrons. The lowest BCUT2D eigenvalue weighted by Gasteiger charge is -2.47. The van der Waals surface area contributed by atoms with E-state index >= 15 is 0 Å². The molecule has 10 heteroatoms. The van der Waals surface area contributed by atoms with Crippen molar-refractivity contribution in [1.82, 2.24) is 20.9 Å². The lowest BCUT2D eigenvalue weighted by molar-refractivity contribution is -0.186. The molecule has 2 saturated carbocycles. The van der Waals surface area contributed by atoms with E-state index in [4.69, 9.17) is 17.3 Å². The van der Waals surface area contributed by atoms with Gasteiger partial charge in [-0.05, 0) is 56.9 Å². The molecule has 0 spiro atoms. The number of nitrogens with two attached hydrogens (primary N) is 1. The third kappa shape index (κ3) is 6.38. The maximum absolute atomic E-state index is 13.5. The molecule has 2 saturated heterocycles. The number of nitrogens with zero attached hydrogens (tertiary/aromatic N) is 1. The number of hydrogen-bond acceptors (Lipinski definition) is 5. The second kappa shape index (κ2) is 11.6. The number of halogens is 4. The van der Waals surface area contributed by atoms with Crippen molar-refractivity contribution in [2.45, 2.75) is 81.7 Å². The van der Waals surface area contributed by atoms with Crippen LogP contribution in [0.4, 0.5) is 13.2 Å². The quantitative estimate of drug-likeness (QED) is 0.415. The zero-order chi connectivity index (χ0) is 24.3. The Labute approximate surface area is 206 Å². The van der Waals surface area contributed by atoms with Crippen molar-refractivity contribution in [1.29, 1.82) is 0 Å². The Bertz CT molecular complexity index is 677. The van der Waals surface area contributed by atoms with Gasteiger partial charge in [-0.25, -0.2) is 0 Å².